The molecule has 3 heteroatoms. The summed E-state index contributed by atoms with van der Waals surface area (Å²) in [6.45, 7) is 6.53. The van der Waals surface area contributed by atoms with Gasteiger partial charge in [0, 0.05) is 11.8 Å². The highest BCUT2D eigenvalue weighted by atomic mass is 16.5. The number of fused-ring (bicyclic) bond motifs is 1. The van der Waals surface area contributed by atoms with Crippen LogP contribution in [-0.4, -0.2) is 18.4 Å². The number of esters is 1. The summed E-state index contributed by atoms with van der Waals surface area (Å²) in [7, 11) is 0. The van der Waals surface area contributed by atoms with Crippen LogP contribution in [0.1, 0.15) is 46.5 Å². The molecule has 2 bridgehead atoms. The molecule has 1 unspecified atom stereocenters. The monoisotopic (exact) mass is 250 g/mol. The highest BCUT2D eigenvalue weighted by molar-refractivity contribution is 5.93. The maximum atomic E-state index is 12.4. The predicted octanol–water partition coefficient (Wildman–Crippen LogP) is 2.58. The second-order valence-corrected chi connectivity index (χ2v) is 6.60. The van der Waals surface area contributed by atoms with Crippen molar-refractivity contribution in [2.75, 3.05) is 6.61 Å². The van der Waals surface area contributed by atoms with E-state index in [1.807, 2.05) is 13.8 Å². The van der Waals surface area contributed by atoms with Gasteiger partial charge in [-0.1, -0.05) is 6.92 Å². The summed E-state index contributed by atoms with van der Waals surface area (Å²) < 4.78 is 5.31. The first kappa shape index (κ1) is 12.2. The van der Waals surface area contributed by atoms with E-state index < -0.39 is 5.41 Å². The Morgan fingerprint density at radius 3 is 2.83 bits per heavy atom. The van der Waals surface area contributed by atoms with Gasteiger partial charge in [0.15, 0.2) is 0 Å². The van der Waals surface area contributed by atoms with Crippen LogP contribution in [0.5, 0.6) is 0 Å². The lowest BCUT2D eigenvalue weighted by Gasteiger charge is -2.40. The summed E-state index contributed by atoms with van der Waals surface area (Å²) in [5, 5.41) is 0. The summed E-state index contributed by atoms with van der Waals surface area (Å²) in [5.41, 5.74) is -0.596. The number of ether oxygens (including phenoxy) is 1. The first-order valence-electron chi connectivity index (χ1n) is 7.18. The molecule has 18 heavy (non-hydrogen) atoms. The lowest BCUT2D eigenvalue weighted by atomic mass is 9.62. The lowest BCUT2D eigenvalue weighted by Crippen LogP contribution is -2.47. The molecule has 0 radical (unpaired) electrons. The van der Waals surface area contributed by atoms with Crippen molar-refractivity contribution < 1.29 is 14.3 Å². The Kier molecular flexibility index (Phi) is 2.43. The largest absolute Gasteiger partial charge is 0.466 e. The first-order valence-corrected chi connectivity index (χ1v) is 7.18. The third-order valence-electron chi connectivity index (χ3n) is 6.21. The van der Waals surface area contributed by atoms with E-state index in [4.69, 9.17) is 4.74 Å². The zero-order valence-electron chi connectivity index (χ0n) is 11.5. The molecule has 3 rings (SSSR count). The van der Waals surface area contributed by atoms with Crippen LogP contribution in [-0.2, 0) is 14.3 Å². The van der Waals surface area contributed by atoms with Gasteiger partial charge >= 0.3 is 5.97 Å². The Morgan fingerprint density at radius 2 is 2.17 bits per heavy atom. The molecule has 0 aromatic heterocycles. The van der Waals surface area contributed by atoms with E-state index in [1.165, 1.54) is 0 Å². The molecule has 0 N–H and O–H groups in total. The molecule has 0 amide bonds. The quantitative estimate of drug-likeness (QED) is 0.707. The maximum Gasteiger partial charge on any atom is 0.312 e. The van der Waals surface area contributed by atoms with Crippen LogP contribution in [0.2, 0.25) is 0 Å². The highest BCUT2D eigenvalue weighted by Crippen LogP contribution is 2.72. The van der Waals surface area contributed by atoms with E-state index in [9.17, 15) is 9.59 Å². The van der Waals surface area contributed by atoms with E-state index in [0.717, 1.165) is 19.3 Å². The van der Waals surface area contributed by atoms with E-state index in [1.54, 1.807) is 0 Å². The molecule has 0 aromatic carbocycles. The fraction of sp³-hybridized carbons (Fsp3) is 0.867. The minimum absolute atomic E-state index is 0.0662. The molecule has 3 fully saturated rings. The SMILES string of the molecule is CCOC(=O)[C@@]1(C)C2CC[C@@H](C)[C@]23C[C@H]1CC3=O. The zero-order chi connectivity index (χ0) is 13.1. The highest BCUT2D eigenvalue weighted by Gasteiger charge is 2.73. The van der Waals surface area contributed by atoms with Crippen LogP contribution >= 0.6 is 0 Å². The smallest absolute Gasteiger partial charge is 0.312 e. The molecule has 3 nitrogen and oxygen atoms in total. The Hall–Kier alpha value is -0.860. The Bertz CT molecular complexity index is 416. The van der Waals surface area contributed by atoms with Gasteiger partial charge in [-0.15, -0.1) is 0 Å². The average molecular weight is 250 g/mol. The van der Waals surface area contributed by atoms with Gasteiger partial charge in [0.1, 0.15) is 5.78 Å². The zero-order valence-corrected chi connectivity index (χ0v) is 11.5. The third kappa shape index (κ3) is 1.11. The van der Waals surface area contributed by atoms with Crippen molar-refractivity contribution in [1.29, 1.82) is 0 Å². The summed E-state index contributed by atoms with van der Waals surface area (Å²) >= 11 is 0. The van der Waals surface area contributed by atoms with Gasteiger partial charge in [0.05, 0.1) is 12.0 Å². The molecular formula is C15H22O3. The predicted molar refractivity (Wildman–Crippen MR) is 66.8 cm³/mol. The summed E-state index contributed by atoms with van der Waals surface area (Å²) in [5.74, 6) is 1.24. The van der Waals surface area contributed by atoms with Crippen molar-refractivity contribution in [2.24, 2.45) is 28.6 Å². The van der Waals surface area contributed by atoms with Gasteiger partial charge in [0.2, 0.25) is 0 Å². The van der Waals surface area contributed by atoms with Gasteiger partial charge in [0.25, 0.3) is 0 Å². The average Bonchev–Trinajstić information content (AvgIpc) is 2.91. The number of hydrogen-bond donors (Lipinski definition) is 0. The Balaban J connectivity index is 2.02. The number of hydrogen-bond acceptors (Lipinski definition) is 3. The van der Waals surface area contributed by atoms with Crippen molar-refractivity contribution in [3.63, 3.8) is 0 Å². The van der Waals surface area contributed by atoms with E-state index >= 15 is 0 Å². The number of ketones is 1. The maximum absolute atomic E-state index is 12.4. The second-order valence-electron chi connectivity index (χ2n) is 6.60. The molecule has 3 aliphatic rings. The van der Waals surface area contributed by atoms with Gasteiger partial charge in [-0.25, -0.2) is 0 Å². The first-order chi connectivity index (χ1) is 8.47. The van der Waals surface area contributed by atoms with Gasteiger partial charge < -0.3 is 4.74 Å². The standard InChI is InChI=1S/C15H22O3/c1-4-18-13(17)14(3)10-7-12(16)15(8-10)9(2)5-6-11(14)15/h9-11H,4-8H2,1-3H3/t9-,10-,11?,14-,15-/m1/s1. The number of carbonyl (C=O) groups is 2. The number of Topliss-reactive ketones (excluding diaryl/α,β-unsaturated/α-hetero) is 1. The van der Waals surface area contributed by atoms with Crippen LogP contribution in [0.4, 0.5) is 0 Å². The van der Waals surface area contributed by atoms with Crippen molar-refractivity contribution in [3.8, 4) is 0 Å². The minimum Gasteiger partial charge on any atom is -0.466 e. The molecule has 0 aromatic rings. The number of rotatable bonds is 2. The van der Waals surface area contributed by atoms with Crippen molar-refractivity contribution in [1.82, 2.24) is 0 Å². The second kappa shape index (κ2) is 3.58. The van der Waals surface area contributed by atoms with Gasteiger partial charge in [-0.3, -0.25) is 9.59 Å². The van der Waals surface area contributed by atoms with Crippen LogP contribution < -0.4 is 0 Å². The summed E-state index contributed by atoms with van der Waals surface area (Å²) in [4.78, 5) is 24.7. The summed E-state index contributed by atoms with van der Waals surface area (Å²) in [6, 6.07) is 0. The van der Waals surface area contributed by atoms with Gasteiger partial charge in [-0.05, 0) is 50.9 Å². The molecule has 3 aliphatic carbocycles. The minimum atomic E-state index is -0.408. The molecule has 0 saturated heterocycles. The van der Waals surface area contributed by atoms with Crippen LogP contribution in [0, 0.1) is 28.6 Å². The normalized spacial score (nSPS) is 49.5. The lowest BCUT2D eigenvalue weighted by molar-refractivity contribution is -0.164. The summed E-state index contributed by atoms with van der Waals surface area (Å²) in [6.07, 6.45) is 3.61. The van der Waals surface area contributed by atoms with E-state index in [-0.39, 0.29) is 23.2 Å². The number of carbonyl (C=O) groups excluding carboxylic acids is 2. The van der Waals surface area contributed by atoms with Crippen molar-refractivity contribution in [2.45, 2.75) is 46.5 Å². The van der Waals surface area contributed by atoms with Crippen LogP contribution in [0.3, 0.4) is 0 Å². The molecule has 100 valence electrons. The van der Waals surface area contributed by atoms with Crippen molar-refractivity contribution in [3.05, 3.63) is 0 Å². The fourth-order valence-corrected chi connectivity index (χ4v) is 5.23. The van der Waals surface area contributed by atoms with Crippen LogP contribution in [0.25, 0.3) is 0 Å². The van der Waals surface area contributed by atoms with E-state index in [0.29, 0.717) is 24.7 Å². The Labute approximate surface area is 108 Å². The van der Waals surface area contributed by atoms with Crippen molar-refractivity contribution >= 4 is 11.8 Å². The molecule has 0 heterocycles. The molecule has 5 atom stereocenters. The Morgan fingerprint density at radius 1 is 1.44 bits per heavy atom. The third-order valence-corrected chi connectivity index (χ3v) is 6.21. The topological polar surface area (TPSA) is 43.4 Å². The molecule has 3 saturated carbocycles. The van der Waals surface area contributed by atoms with Gasteiger partial charge in [-0.2, -0.15) is 0 Å². The molecular weight excluding hydrogens is 228 g/mol. The molecule has 1 spiro atoms. The molecule has 0 aliphatic heterocycles. The van der Waals surface area contributed by atoms with Crippen LogP contribution in [0.15, 0.2) is 0 Å². The fourth-order valence-electron chi connectivity index (χ4n) is 5.23. The van der Waals surface area contributed by atoms with E-state index in [2.05, 4.69) is 6.92 Å².